The van der Waals surface area contributed by atoms with Gasteiger partial charge in [-0.15, -0.1) is 5.98 Å². The Hall–Kier alpha value is -2.35. The number of allylic oxidation sites excluding steroid dienone is 3. The summed E-state index contributed by atoms with van der Waals surface area (Å²) in [5, 5.41) is 0. The van der Waals surface area contributed by atoms with E-state index in [0.29, 0.717) is 0 Å². The minimum atomic E-state index is 0.0720. The topological polar surface area (TPSA) is 17.1 Å². The summed E-state index contributed by atoms with van der Waals surface area (Å²) in [5.41, 5.74) is 3.66. The van der Waals surface area contributed by atoms with Crippen molar-refractivity contribution in [1.29, 1.82) is 0 Å². The summed E-state index contributed by atoms with van der Waals surface area (Å²) >= 11 is 0. The summed E-state index contributed by atoms with van der Waals surface area (Å²) in [7, 11) is 1.84. The zero-order valence-corrected chi connectivity index (χ0v) is 10.4. The highest BCUT2D eigenvalue weighted by Gasteiger charge is 2.13. The lowest BCUT2D eigenvalue weighted by molar-refractivity contribution is 0.104. The van der Waals surface area contributed by atoms with E-state index in [9.17, 15) is 4.79 Å². The van der Waals surface area contributed by atoms with Crippen molar-refractivity contribution in [3.63, 3.8) is 0 Å². The molecule has 0 unspecified atom stereocenters. The Morgan fingerprint density at radius 3 is 2.42 bits per heavy atom. The van der Waals surface area contributed by atoms with Crippen LogP contribution in [0.2, 0.25) is 0 Å². The molecular formula is C17H12BO. The van der Waals surface area contributed by atoms with Gasteiger partial charge in [0.15, 0.2) is 13.1 Å². The molecule has 0 saturated carbocycles. The van der Waals surface area contributed by atoms with Gasteiger partial charge < -0.3 is 0 Å². The van der Waals surface area contributed by atoms with Crippen molar-refractivity contribution < 1.29 is 4.79 Å². The fourth-order valence-electron chi connectivity index (χ4n) is 2.16. The molecule has 2 aromatic rings. The fraction of sp³-hybridized carbons (Fsp3) is 0. The molecule has 0 bridgehead atoms. The molecule has 1 aliphatic heterocycles. The van der Waals surface area contributed by atoms with E-state index in [1.54, 1.807) is 0 Å². The maximum atomic E-state index is 12.3. The van der Waals surface area contributed by atoms with Gasteiger partial charge in [-0.3, -0.25) is 4.79 Å². The van der Waals surface area contributed by atoms with E-state index in [2.05, 4.69) is 0 Å². The van der Waals surface area contributed by atoms with Gasteiger partial charge in [0.1, 0.15) is 0 Å². The largest absolute Gasteiger partial charge is 0.290 e. The second-order valence-corrected chi connectivity index (χ2v) is 4.45. The van der Waals surface area contributed by atoms with Crippen molar-refractivity contribution in [1.82, 2.24) is 0 Å². The minimum absolute atomic E-state index is 0.0720. The molecule has 1 heterocycles. The van der Waals surface area contributed by atoms with Gasteiger partial charge in [0.2, 0.25) is 0 Å². The minimum Gasteiger partial charge on any atom is -0.290 e. The maximum Gasteiger partial charge on any atom is 0.186 e. The molecule has 1 radical (unpaired) electrons. The molecule has 1 aliphatic rings. The Kier molecular flexibility index (Phi) is 3.15. The fourth-order valence-corrected chi connectivity index (χ4v) is 2.16. The first-order valence-corrected chi connectivity index (χ1v) is 6.26. The number of carbonyl (C=O) groups is 1. The van der Waals surface area contributed by atoms with Crippen LogP contribution in [0.4, 0.5) is 0 Å². The average Bonchev–Trinajstić information content (AvgIpc) is 3.02. The van der Waals surface area contributed by atoms with Crippen LogP contribution in [-0.2, 0) is 0 Å². The Balaban J connectivity index is 1.94. The van der Waals surface area contributed by atoms with Gasteiger partial charge >= 0.3 is 0 Å². The van der Waals surface area contributed by atoms with Gasteiger partial charge in [-0.1, -0.05) is 60.7 Å². The van der Waals surface area contributed by atoms with Gasteiger partial charge in [-0.2, -0.15) is 0 Å². The Morgan fingerprint density at radius 2 is 1.68 bits per heavy atom. The number of hydrogen-bond donors (Lipinski definition) is 0. The molecule has 0 atom stereocenters. The van der Waals surface area contributed by atoms with E-state index < -0.39 is 0 Å². The zero-order valence-electron chi connectivity index (χ0n) is 10.4. The first-order chi connectivity index (χ1) is 9.34. The molecule has 19 heavy (non-hydrogen) atoms. The first-order valence-electron chi connectivity index (χ1n) is 6.26. The molecule has 89 valence electrons. The van der Waals surface area contributed by atoms with Crippen molar-refractivity contribution in [2.24, 2.45) is 0 Å². The lowest BCUT2D eigenvalue weighted by Gasteiger charge is -2.05. The summed E-state index contributed by atoms with van der Waals surface area (Å²) in [5.74, 6) is 1.96. The molecule has 0 amide bonds. The molecule has 3 rings (SSSR count). The molecule has 0 aromatic heterocycles. The van der Waals surface area contributed by atoms with Gasteiger partial charge in [-0.05, 0) is 22.7 Å². The van der Waals surface area contributed by atoms with E-state index in [0.717, 1.165) is 22.2 Å². The van der Waals surface area contributed by atoms with Crippen LogP contribution in [0.15, 0.2) is 78.2 Å². The van der Waals surface area contributed by atoms with Crippen LogP contribution >= 0.6 is 0 Å². The third-order valence-electron chi connectivity index (χ3n) is 3.16. The molecular weight excluding hydrogens is 231 g/mol. The predicted molar refractivity (Wildman–Crippen MR) is 79.2 cm³/mol. The van der Waals surface area contributed by atoms with Gasteiger partial charge in [-0.25, -0.2) is 0 Å². The molecule has 2 aromatic carbocycles. The van der Waals surface area contributed by atoms with Gasteiger partial charge in [0.05, 0.1) is 0 Å². The summed E-state index contributed by atoms with van der Waals surface area (Å²) in [6.45, 7) is 0. The van der Waals surface area contributed by atoms with Crippen molar-refractivity contribution in [3.8, 4) is 11.1 Å². The van der Waals surface area contributed by atoms with E-state index in [1.807, 2.05) is 80.0 Å². The van der Waals surface area contributed by atoms with E-state index >= 15 is 0 Å². The lowest BCUT2D eigenvalue weighted by atomic mass is 9.70. The zero-order chi connectivity index (χ0) is 13.1. The summed E-state index contributed by atoms with van der Waals surface area (Å²) < 4.78 is 0. The van der Waals surface area contributed by atoms with Gasteiger partial charge in [0, 0.05) is 5.56 Å². The van der Waals surface area contributed by atoms with Crippen molar-refractivity contribution in [3.05, 3.63) is 83.8 Å². The van der Waals surface area contributed by atoms with E-state index in [-0.39, 0.29) is 5.78 Å². The van der Waals surface area contributed by atoms with E-state index in [4.69, 9.17) is 0 Å². The van der Waals surface area contributed by atoms with Crippen LogP contribution in [0.1, 0.15) is 10.4 Å². The molecule has 0 aliphatic carbocycles. The normalized spacial score (nSPS) is 12.9. The highest BCUT2D eigenvalue weighted by Crippen LogP contribution is 2.21. The molecule has 1 nitrogen and oxygen atoms in total. The summed E-state index contributed by atoms with van der Waals surface area (Å²) in [6, 6.07) is 17.9. The van der Waals surface area contributed by atoms with Gasteiger partial charge in [0.25, 0.3) is 0 Å². The Morgan fingerprint density at radius 1 is 0.895 bits per heavy atom. The van der Waals surface area contributed by atoms with Crippen molar-refractivity contribution in [2.75, 3.05) is 0 Å². The number of benzene rings is 2. The quantitative estimate of drug-likeness (QED) is 0.594. The molecule has 0 fully saturated rings. The molecule has 0 N–H and O–H groups in total. The standard InChI is InChI=1S/C17H12BO/c19-17(16-10-5-11-18-16)15-9-4-8-14(12-15)13-6-2-1-3-7-13/h1-12H. The van der Waals surface area contributed by atoms with Crippen molar-refractivity contribution >= 4 is 13.1 Å². The third kappa shape index (κ3) is 2.43. The smallest absolute Gasteiger partial charge is 0.186 e. The Labute approximate surface area is 113 Å². The second-order valence-electron chi connectivity index (χ2n) is 4.45. The summed E-state index contributed by atoms with van der Waals surface area (Å²) in [4.78, 5) is 12.3. The van der Waals surface area contributed by atoms with Crippen LogP contribution in [0.25, 0.3) is 11.1 Å². The Bertz CT molecular complexity index is 669. The van der Waals surface area contributed by atoms with Crippen LogP contribution in [0.3, 0.4) is 0 Å². The summed E-state index contributed by atoms with van der Waals surface area (Å²) in [6.07, 6.45) is 3.73. The highest BCUT2D eigenvalue weighted by atomic mass is 16.1. The third-order valence-corrected chi connectivity index (χ3v) is 3.16. The molecule has 0 saturated heterocycles. The molecule has 0 spiro atoms. The lowest BCUT2D eigenvalue weighted by Crippen LogP contribution is -2.06. The van der Waals surface area contributed by atoms with Crippen LogP contribution in [0, 0.1) is 0 Å². The first kappa shape index (κ1) is 11.7. The highest BCUT2D eigenvalue weighted by molar-refractivity contribution is 6.61. The van der Waals surface area contributed by atoms with Crippen LogP contribution < -0.4 is 0 Å². The monoisotopic (exact) mass is 243 g/mol. The van der Waals surface area contributed by atoms with Crippen LogP contribution in [0.5, 0.6) is 0 Å². The van der Waals surface area contributed by atoms with Crippen molar-refractivity contribution in [2.45, 2.75) is 0 Å². The number of hydrogen-bond acceptors (Lipinski definition) is 1. The van der Waals surface area contributed by atoms with Crippen LogP contribution in [-0.4, -0.2) is 13.1 Å². The van der Waals surface area contributed by atoms with E-state index in [1.165, 1.54) is 0 Å². The average molecular weight is 243 g/mol. The number of ketones is 1. The number of carbonyl (C=O) groups excluding carboxylic acids is 1. The second kappa shape index (κ2) is 5.11. The SMILES string of the molecule is O=C(C1=CC=C[B]1)c1cccc(-c2ccccc2)c1. The number of Topliss-reactive ketones (excluding diaryl/α,β-unsaturated/α-hetero) is 1. The number of rotatable bonds is 3. The maximum absolute atomic E-state index is 12.3. The molecule has 2 heteroatoms. The predicted octanol–water partition coefficient (Wildman–Crippen LogP) is 3.65.